The summed E-state index contributed by atoms with van der Waals surface area (Å²) in [5.74, 6) is 1.41. The lowest BCUT2D eigenvalue weighted by molar-refractivity contribution is 0.0967. The summed E-state index contributed by atoms with van der Waals surface area (Å²) in [6.45, 7) is 15.3. The third kappa shape index (κ3) is 27.2. The molecule has 0 bridgehead atoms. The number of fused-ring (bicyclic) bond motifs is 2. The quantitative estimate of drug-likeness (QED) is 0.0356. The minimum Gasteiger partial charge on any atom is -0.490 e. The summed E-state index contributed by atoms with van der Waals surface area (Å²) in [7, 11) is 0. The number of rotatable bonds is 54. The van der Waals surface area contributed by atoms with E-state index in [4.69, 9.17) is 28.4 Å². The third-order valence-electron chi connectivity index (χ3n) is 17.4. The van der Waals surface area contributed by atoms with Crippen LogP contribution in [0.2, 0.25) is 0 Å². The van der Waals surface area contributed by atoms with E-state index in [0.29, 0.717) is 49.4 Å². The lowest BCUT2D eigenvalue weighted by Gasteiger charge is -2.27. The number of carbonyl (C=O) groups excluding carboxylic acids is 2. The smallest absolute Gasteiger partial charge is 0.204 e. The van der Waals surface area contributed by atoms with E-state index in [2.05, 4.69) is 65.8 Å². The number of ketones is 2. The van der Waals surface area contributed by atoms with Crippen molar-refractivity contribution in [1.29, 1.82) is 0 Å². The Labute approximate surface area is 524 Å². The largest absolute Gasteiger partial charge is 0.490 e. The summed E-state index contributed by atoms with van der Waals surface area (Å²) in [4.78, 5) is 31.8. The first-order chi connectivity index (χ1) is 42.3. The van der Waals surface area contributed by atoms with Gasteiger partial charge in [-0.2, -0.15) is 0 Å². The van der Waals surface area contributed by atoms with Gasteiger partial charge in [0.15, 0.2) is 34.6 Å². The molecule has 0 spiro atoms. The summed E-state index contributed by atoms with van der Waals surface area (Å²) < 4.78 is 41.0. The van der Waals surface area contributed by atoms with Crippen LogP contribution >= 0.6 is 0 Å². The van der Waals surface area contributed by atoms with Crippen LogP contribution in [0.4, 0.5) is 0 Å². The van der Waals surface area contributed by atoms with Crippen LogP contribution in [0.1, 0.15) is 339 Å². The van der Waals surface area contributed by atoms with Gasteiger partial charge in [-0.1, -0.05) is 319 Å². The highest BCUT2D eigenvalue weighted by molar-refractivity contribution is 6.31. The van der Waals surface area contributed by atoms with Crippen LogP contribution in [-0.2, 0) is 13.2 Å². The average Bonchev–Trinajstić information content (AvgIpc) is 0.846. The molecule has 86 heavy (non-hydrogen) atoms. The Hall–Kier alpha value is -4.98. The number of unbranched alkanes of at least 4 members (excludes halogenated alkanes) is 36. The van der Waals surface area contributed by atoms with Crippen molar-refractivity contribution in [2.45, 2.75) is 312 Å². The molecule has 0 aliphatic heterocycles. The molecule has 0 atom stereocenters. The van der Waals surface area contributed by atoms with Gasteiger partial charge < -0.3 is 28.4 Å². The summed E-state index contributed by atoms with van der Waals surface area (Å²) in [6.07, 6.45) is 48.2. The average molecular weight is 1190 g/mol. The number of benzene rings is 4. The molecule has 1 aliphatic rings. The first-order valence-corrected chi connectivity index (χ1v) is 35.7. The van der Waals surface area contributed by atoms with Gasteiger partial charge in [-0.25, -0.2) is 0 Å². The molecule has 8 nitrogen and oxygen atoms in total. The predicted octanol–water partition coefficient (Wildman–Crippen LogP) is 23.4. The Kier molecular flexibility index (Phi) is 37.8. The van der Waals surface area contributed by atoms with Crippen molar-refractivity contribution in [3.8, 4) is 34.5 Å². The SMILES string of the molecule is CCCCCCCCCCCCOc1cc2c(c(OCc3ccc(C)cc3)c1OCCCCCCCCCCCC)C(=O)c1cc(OCCCCCCCCCCCC)c(OCCCCCCCCCCCC)c(OCc3ccc(C)cc3)c1C2=O. The number of carbonyl (C=O) groups is 2. The first kappa shape index (κ1) is 71.8. The fraction of sp³-hybridized carbons (Fsp3) is 0.667. The van der Waals surface area contributed by atoms with E-state index in [9.17, 15) is 0 Å². The van der Waals surface area contributed by atoms with Crippen molar-refractivity contribution in [3.05, 3.63) is 105 Å². The van der Waals surface area contributed by atoms with Gasteiger partial charge in [-0.15, -0.1) is 0 Å². The zero-order chi connectivity index (χ0) is 61.1. The van der Waals surface area contributed by atoms with Crippen LogP contribution in [0, 0.1) is 13.8 Å². The van der Waals surface area contributed by atoms with Crippen molar-refractivity contribution in [2.75, 3.05) is 26.4 Å². The molecule has 0 heterocycles. The molecule has 0 amide bonds. The summed E-state index contributed by atoms with van der Waals surface area (Å²) in [5.41, 5.74) is 4.96. The number of ether oxygens (including phenoxy) is 6. The van der Waals surface area contributed by atoms with Crippen LogP contribution in [0.15, 0.2) is 60.7 Å². The van der Waals surface area contributed by atoms with Crippen LogP contribution in [0.25, 0.3) is 0 Å². The highest BCUT2D eigenvalue weighted by atomic mass is 16.5. The van der Waals surface area contributed by atoms with E-state index >= 15 is 9.59 Å². The van der Waals surface area contributed by atoms with E-state index in [1.165, 1.54) is 180 Å². The highest BCUT2D eigenvalue weighted by Crippen LogP contribution is 2.51. The molecule has 0 unspecified atom stereocenters. The van der Waals surface area contributed by atoms with Gasteiger partial charge in [0.1, 0.15) is 13.2 Å². The third-order valence-corrected chi connectivity index (χ3v) is 17.4. The molecule has 0 saturated carbocycles. The summed E-state index contributed by atoms with van der Waals surface area (Å²) >= 11 is 0. The second kappa shape index (κ2) is 45.3. The molecule has 0 radical (unpaired) electrons. The molecular weight excluding hydrogens is 1060 g/mol. The normalized spacial score (nSPS) is 11.9. The topological polar surface area (TPSA) is 89.5 Å². The number of aryl methyl sites for hydroxylation is 2. The van der Waals surface area contributed by atoms with Crippen LogP contribution in [0.3, 0.4) is 0 Å². The maximum absolute atomic E-state index is 15.9. The fourth-order valence-electron chi connectivity index (χ4n) is 11.8. The van der Waals surface area contributed by atoms with Gasteiger partial charge in [0.05, 0.1) is 37.6 Å². The van der Waals surface area contributed by atoms with Crippen molar-refractivity contribution < 1.29 is 38.0 Å². The van der Waals surface area contributed by atoms with Crippen LogP contribution < -0.4 is 28.4 Å². The lowest BCUT2D eigenvalue weighted by atomic mass is 9.82. The summed E-state index contributed by atoms with van der Waals surface area (Å²) in [6, 6.07) is 20.0. The minimum absolute atomic E-state index is 0.168. The predicted molar refractivity (Wildman–Crippen MR) is 360 cm³/mol. The zero-order valence-corrected chi connectivity index (χ0v) is 55.6. The van der Waals surface area contributed by atoms with E-state index in [1.807, 2.05) is 24.3 Å². The van der Waals surface area contributed by atoms with Gasteiger partial charge in [0.25, 0.3) is 0 Å². The van der Waals surface area contributed by atoms with Crippen molar-refractivity contribution >= 4 is 11.6 Å². The molecule has 1 aliphatic carbocycles. The standard InChI is InChI=1S/C78H120O8/c1-7-11-15-19-23-27-31-35-39-43-55-81-69-59-67-71(77(85-61-65-51-47-63(5)48-52-65)75(69)83-57-45-41-37-33-29-25-21-17-13-9-3)74(80)68-60-70(82-56-44-40-36-32-28-24-20-16-12-8-2)76(84-58-46-42-38-34-30-26-22-18-14-10-4)78(72(68)73(67)79)86-62-66-53-49-64(6)50-54-66/h47-54,59-60H,7-46,55-58,61-62H2,1-6H3. The Morgan fingerprint density at radius 3 is 0.756 bits per heavy atom. The Balaban J connectivity index is 1.52. The molecule has 4 aromatic rings. The molecule has 0 N–H and O–H groups in total. The van der Waals surface area contributed by atoms with E-state index in [1.54, 1.807) is 12.1 Å². The molecule has 0 saturated heterocycles. The van der Waals surface area contributed by atoms with Crippen molar-refractivity contribution in [3.63, 3.8) is 0 Å². The lowest BCUT2D eigenvalue weighted by Crippen LogP contribution is -2.25. The summed E-state index contributed by atoms with van der Waals surface area (Å²) in [5, 5.41) is 0. The Morgan fingerprint density at radius 1 is 0.267 bits per heavy atom. The molecular formula is C78H120O8. The highest BCUT2D eigenvalue weighted by Gasteiger charge is 2.41. The van der Waals surface area contributed by atoms with E-state index in [-0.39, 0.29) is 58.5 Å². The molecule has 4 aromatic carbocycles. The second-order valence-corrected chi connectivity index (χ2v) is 25.2. The van der Waals surface area contributed by atoms with Gasteiger partial charge in [-0.3, -0.25) is 9.59 Å². The van der Waals surface area contributed by atoms with Gasteiger partial charge in [-0.05, 0) is 62.8 Å². The number of hydrogen-bond acceptors (Lipinski definition) is 8. The second-order valence-electron chi connectivity index (χ2n) is 25.2. The first-order valence-electron chi connectivity index (χ1n) is 35.7. The maximum Gasteiger partial charge on any atom is 0.204 e. The van der Waals surface area contributed by atoms with E-state index in [0.717, 1.165) is 99.3 Å². The maximum atomic E-state index is 15.9. The zero-order valence-electron chi connectivity index (χ0n) is 55.6. The minimum atomic E-state index is -0.344. The van der Waals surface area contributed by atoms with Crippen LogP contribution in [0.5, 0.6) is 34.5 Å². The molecule has 480 valence electrons. The van der Waals surface area contributed by atoms with Crippen molar-refractivity contribution in [1.82, 2.24) is 0 Å². The van der Waals surface area contributed by atoms with Gasteiger partial charge >= 0.3 is 0 Å². The monoisotopic (exact) mass is 1180 g/mol. The Bertz CT molecular complexity index is 2250. The van der Waals surface area contributed by atoms with E-state index < -0.39 is 0 Å². The number of hydrogen-bond donors (Lipinski definition) is 0. The van der Waals surface area contributed by atoms with Crippen molar-refractivity contribution in [2.24, 2.45) is 0 Å². The van der Waals surface area contributed by atoms with Crippen LogP contribution in [-0.4, -0.2) is 38.0 Å². The Morgan fingerprint density at radius 2 is 0.500 bits per heavy atom. The molecule has 0 fully saturated rings. The fourth-order valence-corrected chi connectivity index (χ4v) is 11.8. The van der Waals surface area contributed by atoms with Gasteiger partial charge in [0, 0.05) is 11.1 Å². The van der Waals surface area contributed by atoms with Gasteiger partial charge in [0.2, 0.25) is 11.5 Å². The molecule has 5 rings (SSSR count). The molecule has 8 heteroatoms. The molecule has 0 aromatic heterocycles.